The van der Waals surface area contributed by atoms with Crippen molar-refractivity contribution >= 4 is 25.9 Å². The minimum Gasteiger partial charge on any atom is -0.490 e. The van der Waals surface area contributed by atoms with Gasteiger partial charge in [0.2, 0.25) is 10.0 Å². The molecule has 2 aromatic rings. The Bertz CT molecular complexity index is 1210. The summed E-state index contributed by atoms with van der Waals surface area (Å²) in [7, 11) is -7.12. The second-order valence-electron chi connectivity index (χ2n) is 8.40. The van der Waals surface area contributed by atoms with E-state index in [-0.39, 0.29) is 29.3 Å². The third-order valence-corrected chi connectivity index (χ3v) is 8.33. The quantitative estimate of drug-likeness (QED) is 0.555. The number of hydrogen-bond donors (Lipinski definition) is 0. The van der Waals surface area contributed by atoms with E-state index in [9.17, 15) is 22.1 Å². The molecule has 33 heavy (non-hydrogen) atoms. The van der Waals surface area contributed by atoms with Crippen LogP contribution in [0.25, 0.3) is 0 Å². The van der Waals surface area contributed by atoms with Gasteiger partial charge in [-0.25, -0.2) is 30.4 Å². The Balaban J connectivity index is 1.77. The fourth-order valence-electron chi connectivity index (χ4n) is 3.56. The molecule has 2 heterocycles. The summed E-state index contributed by atoms with van der Waals surface area (Å²) in [6, 6.07) is 11.2. The highest BCUT2D eigenvalue weighted by molar-refractivity contribution is 7.92. The second-order valence-corrected chi connectivity index (χ2v) is 12.2. The van der Waals surface area contributed by atoms with Crippen LogP contribution in [0.3, 0.4) is 0 Å². The molecule has 0 aliphatic carbocycles. The average molecular weight is 493 g/mol. The molecule has 0 amide bonds. The first-order valence-electron chi connectivity index (χ1n) is 10.6. The molecule has 178 valence electrons. The summed E-state index contributed by atoms with van der Waals surface area (Å²) in [5.41, 5.74) is 0.328. The smallest absolute Gasteiger partial charge is 0.265 e. The van der Waals surface area contributed by atoms with Crippen molar-refractivity contribution in [3.63, 3.8) is 0 Å². The van der Waals surface area contributed by atoms with E-state index in [0.717, 1.165) is 0 Å². The van der Waals surface area contributed by atoms with Crippen molar-refractivity contribution in [3.8, 4) is 11.8 Å². The van der Waals surface area contributed by atoms with E-state index in [2.05, 4.69) is 4.98 Å². The molecule has 0 saturated carbocycles. The minimum atomic E-state index is -3.92. The maximum absolute atomic E-state index is 13.4. The van der Waals surface area contributed by atoms with E-state index in [4.69, 9.17) is 4.74 Å². The number of rotatable bonds is 8. The van der Waals surface area contributed by atoms with Crippen molar-refractivity contribution in [2.24, 2.45) is 5.92 Å². The van der Waals surface area contributed by atoms with E-state index in [1.54, 1.807) is 12.1 Å². The molecule has 1 aromatic heterocycles. The summed E-state index contributed by atoms with van der Waals surface area (Å²) in [4.78, 5) is 4.26. The van der Waals surface area contributed by atoms with Gasteiger partial charge in [0.1, 0.15) is 17.7 Å². The van der Waals surface area contributed by atoms with Crippen LogP contribution in [0.1, 0.15) is 32.3 Å². The normalized spacial score (nSPS) is 15.8. The van der Waals surface area contributed by atoms with Crippen LogP contribution in [-0.4, -0.2) is 58.1 Å². The summed E-state index contributed by atoms with van der Waals surface area (Å²) in [5.74, 6) is 0.750. The maximum atomic E-state index is 13.4. The van der Waals surface area contributed by atoms with Gasteiger partial charge in [-0.3, -0.25) is 0 Å². The fourth-order valence-corrected chi connectivity index (χ4v) is 6.01. The van der Waals surface area contributed by atoms with Gasteiger partial charge in [-0.1, -0.05) is 13.8 Å². The maximum Gasteiger partial charge on any atom is 0.265 e. The Kier molecular flexibility index (Phi) is 7.62. The summed E-state index contributed by atoms with van der Waals surface area (Å²) in [6.45, 7) is 4.82. The van der Waals surface area contributed by atoms with Gasteiger partial charge in [0.05, 0.1) is 22.8 Å². The number of pyridine rings is 1. The predicted molar refractivity (Wildman–Crippen MR) is 125 cm³/mol. The van der Waals surface area contributed by atoms with Gasteiger partial charge < -0.3 is 4.74 Å². The summed E-state index contributed by atoms with van der Waals surface area (Å²) in [5, 5.41) is 9.17. The fraction of sp³-hybridized carbons (Fsp3) is 0.455. The molecular formula is C22H28N4O5S2. The van der Waals surface area contributed by atoms with Gasteiger partial charge >= 0.3 is 0 Å². The van der Waals surface area contributed by atoms with Crippen LogP contribution in [0.15, 0.2) is 47.5 Å². The van der Waals surface area contributed by atoms with E-state index in [1.807, 2.05) is 19.9 Å². The number of aromatic nitrogens is 1. The largest absolute Gasteiger partial charge is 0.490 e. The molecule has 9 nitrogen and oxygen atoms in total. The Hall–Kier alpha value is -2.68. The number of nitriles is 1. The van der Waals surface area contributed by atoms with E-state index in [0.29, 0.717) is 37.2 Å². The highest BCUT2D eigenvalue weighted by atomic mass is 32.2. The number of sulfonamides is 2. The Morgan fingerprint density at radius 3 is 2.33 bits per heavy atom. The summed E-state index contributed by atoms with van der Waals surface area (Å²) in [6.07, 6.45) is 3.61. The summed E-state index contributed by atoms with van der Waals surface area (Å²) >= 11 is 0. The molecule has 0 unspecified atom stereocenters. The molecule has 1 aromatic carbocycles. The van der Waals surface area contributed by atoms with Gasteiger partial charge in [-0.05, 0) is 55.2 Å². The van der Waals surface area contributed by atoms with Crippen LogP contribution in [0, 0.1) is 17.2 Å². The first kappa shape index (κ1) is 25.0. The molecule has 1 aliphatic heterocycles. The van der Waals surface area contributed by atoms with E-state index < -0.39 is 20.0 Å². The number of piperidine rings is 1. The van der Waals surface area contributed by atoms with Crippen LogP contribution < -0.4 is 9.04 Å². The highest BCUT2D eigenvalue weighted by Crippen LogP contribution is 2.27. The lowest BCUT2D eigenvalue weighted by molar-refractivity contribution is 0.135. The molecule has 1 fully saturated rings. The second kappa shape index (κ2) is 10.1. The minimum absolute atomic E-state index is 0.0349. The van der Waals surface area contributed by atoms with Crippen LogP contribution in [0.5, 0.6) is 5.75 Å². The van der Waals surface area contributed by atoms with Crippen molar-refractivity contribution in [2.45, 2.75) is 37.7 Å². The molecule has 1 saturated heterocycles. The van der Waals surface area contributed by atoms with Crippen LogP contribution in [-0.2, 0) is 20.0 Å². The van der Waals surface area contributed by atoms with Crippen molar-refractivity contribution in [3.05, 3.63) is 48.2 Å². The Labute approximate surface area is 195 Å². The molecule has 3 rings (SSSR count). The molecule has 11 heteroatoms. The molecule has 0 atom stereocenters. The highest BCUT2D eigenvalue weighted by Gasteiger charge is 2.28. The van der Waals surface area contributed by atoms with E-state index >= 15 is 0 Å². The van der Waals surface area contributed by atoms with Gasteiger partial charge in [-0.15, -0.1) is 0 Å². The predicted octanol–water partition coefficient (Wildman–Crippen LogP) is 2.61. The molecule has 0 spiro atoms. The van der Waals surface area contributed by atoms with Crippen molar-refractivity contribution in [2.75, 3.05) is 30.2 Å². The SMILES string of the molecule is CC(C)CN(c1cc(C#N)ccn1)S(=O)(=O)c1ccc(OC2CCN(S(C)(=O)=O)CC2)cc1. The first-order valence-corrected chi connectivity index (χ1v) is 13.9. The first-order chi connectivity index (χ1) is 15.5. The number of anilines is 1. The zero-order valence-electron chi connectivity index (χ0n) is 18.9. The third kappa shape index (κ3) is 6.22. The van der Waals surface area contributed by atoms with Gasteiger partial charge in [0, 0.05) is 25.8 Å². The number of benzene rings is 1. The lowest BCUT2D eigenvalue weighted by Crippen LogP contribution is -2.41. The lowest BCUT2D eigenvalue weighted by atomic mass is 10.1. The molecular weight excluding hydrogens is 464 g/mol. The monoisotopic (exact) mass is 492 g/mol. The summed E-state index contributed by atoms with van der Waals surface area (Å²) < 4.78 is 58.7. The van der Waals surface area contributed by atoms with Gasteiger partial charge in [-0.2, -0.15) is 5.26 Å². The van der Waals surface area contributed by atoms with Crippen molar-refractivity contribution in [1.29, 1.82) is 5.26 Å². The van der Waals surface area contributed by atoms with Crippen molar-refractivity contribution in [1.82, 2.24) is 9.29 Å². The molecule has 0 bridgehead atoms. The zero-order valence-corrected chi connectivity index (χ0v) is 20.5. The van der Waals surface area contributed by atoms with Gasteiger partial charge in [0.25, 0.3) is 10.0 Å². The van der Waals surface area contributed by atoms with E-state index in [1.165, 1.54) is 45.3 Å². The topological polar surface area (TPSA) is 121 Å². The zero-order chi connectivity index (χ0) is 24.2. The average Bonchev–Trinajstić information content (AvgIpc) is 2.77. The lowest BCUT2D eigenvalue weighted by Gasteiger charge is -2.30. The number of ether oxygens (including phenoxy) is 1. The molecule has 0 radical (unpaired) electrons. The van der Waals surface area contributed by atoms with Crippen LogP contribution in [0.4, 0.5) is 5.82 Å². The van der Waals surface area contributed by atoms with Crippen molar-refractivity contribution < 1.29 is 21.6 Å². The Morgan fingerprint density at radius 2 is 1.79 bits per heavy atom. The number of nitrogens with zero attached hydrogens (tertiary/aromatic N) is 4. The molecule has 1 aliphatic rings. The van der Waals surface area contributed by atoms with Gasteiger partial charge in [0.15, 0.2) is 0 Å². The number of hydrogen-bond acceptors (Lipinski definition) is 7. The third-order valence-electron chi connectivity index (χ3n) is 5.25. The van der Waals surface area contributed by atoms with Crippen LogP contribution >= 0.6 is 0 Å². The molecule has 0 N–H and O–H groups in total. The Morgan fingerprint density at radius 1 is 1.15 bits per heavy atom. The van der Waals surface area contributed by atoms with Crippen LogP contribution in [0.2, 0.25) is 0 Å². The standard InChI is InChI=1S/C22H28N4O5S2/c1-17(2)16-26(22-14-18(15-23)8-11-24-22)33(29,30)21-6-4-19(5-7-21)31-20-9-12-25(13-10-20)32(3,27)28/h4-8,11,14,17,20H,9-10,12-13,16H2,1-3H3.